The minimum absolute atomic E-state index is 0.0367. The Kier molecular flexibility index (Phi) is 5.56. The van der Waals surface area contributed by atoms with Gasteiger partial charge in [-0.3, -0.25) is 0 Å². The Hall–Kier alpha value is -3.16. The van der Waals surface area contributed by atoms with Crippen molar-refractivity contribution >= 4 is 22.8 Å². The van der Waals surface area contributed by atoms with Crippen molar-refractivity contribution in [2.75, 3.05) is 18.0 Å². The largest absolute Gasteiger partial charge is 0.444 e. The first-order valence-electron chi connectivity index (χ1n) is 10.9. The number of nitrogens with zero attached hydrogens (tertiary/aromatic N) is 5. The number of fused-ring (bicyclic) bond motifs is 1. The highest BCUT2D eigenvalue weighted by Gasteiger charge is 2.35. The molecule has 0 aromatic carbocycles. The average Bonchev–Trinajstić information content (AvgIpc) is 3.05. The second kappa shape index (κ2) is 8.07. The number of aromatic nitrogens is 3. The number of aryl methyl sites for hydroxylation is 1. The van der Waals surface area contributed by atoms with E-state index in [4.69, 9.17) is 9.72 Å². The summed E-state index contributed by atoms with van der Waals surface area (Å²) in [6.07, 6.45) is 4.91. The van der Waals surface area contributed by atoms with Gasteiger partial charge in [-0.15, -0.1) is 0 Å². The molecule has 1 unspecified atom stereocenters. The number of hydrogen-bond acceptors (Lipinski definition) is 5. The smallest absolute Gasteiger partial charge is 0.410 e. The van der Waals surface area contributed by atoms with Crippen molar-refractivity contribution in [3.8, 4) is 5.82 Å². The normalized spacial score (nSPS) is 19.5. The molecule has 0 N–H and O–H groups in total. The van der Waals surface area contributed by atoms with E-state index in [2.05, 4.69) is 16.8 Å². The van der Waals surface area contributed by atoms with Crippen LogP contribution in [0.3, 0.4) is 0 Å². The molecule has 1 saturated heterocycles. The van der Waals surface area contributed by atoms with E-state index in [1.165, 1.54) is 18.3 Å². The highest BCUT2D eigenvalue weighted by molar-refractivity contribution is 5.94. The quantitative estimate of drug-likeness (QED) is 0.579. The maximum Gasteiger partial charge on any atom is 0.410 e. The number of carbonyl (C=O) groups is 1. The molecular formula is C24H30FN5O2. The first-order valence-corrected chi connectivity index (χ1v) is 10.9. The molecule has 4 rings (SSSR count). The molecule has 8 heteroatoms. The Morgan fingerprint density at radius 2 is 1.84 bits per heavy atom. The van der Waals surface area contributed by atoms with Gasteiger partial charge in [0.15, 0.2) is 0 Å². The zero-order chi connectivity index (χ0) is 23.2. The van der Waals surface area contributed by atoms with E-state index in [0.717, 1.165) is 22.3 Å². The molecule has 0 spiro atoms. The van der Waals surface area contributed by atoms with Gasteiger partial charge in [0.05, 0.1) is 5.52 Å². The molecule has 3 aromatic heterocycles. The third kappa shape index (κ3) is 4.13. The minimum atomic E-state index is -0.532. The van der Waals surface area contributed by atoms with Crippen molar-refractivity contribution in [3.63, 3.8) is 0 Å². The lowest BCUT2D eigenvalue weighted by Crippen LogP contribution is -2.59. The van der Waals surface area contributed by atoms with E-state index < -0.39 is 5.60 Å². The molecule has 0 radical (unpaired) electrons. The van der Waals surface area contributed by atoms with Gasteiger partial charge in [0, 0.05) is 55.2 Å². The van der Waals surface area contributed by atoms with Gasteiger partial charge >= 0.3 is 6.09 Å². The first kappa shape index (κ1) is 22.0. The topological polar surface area (TPSA) is 63.5 Å². The molecule has 1 aliphatic rings. The summed E-state index contributed by atoms with van der Waals surface area (Å²) in [5, 5.41) is 1.00. The number of pyridine rings is 2. The zero-order valence-electron chi connectivity index (χ0n) is 19.5. The van der Waals surface area contributed by atoms with E-state index in [0.29, 0.717) is 18.9 Å². The fourth-order valence-electron chi connectivity index (χ4n) is 4.28. The highest BCUT2D eigenvalue weighted by atomic mass is 19.1. The molecule has 170 valence electrons. The number of rotatable bonds is 2. The molecule has 4 heterocycles. The monoisotopic (exact) mass is 439 g/mol. The fraction of sp³-hybridized carbons (Fsp3) is 0.458. The lowest BCUT2D eigenvalue weighted by molar-refractivity contribution is 0.0130. The predicted molar refractivity (Wildman–Crippen MR) is 123 cm³/mol. The lowest BCUT2D eigenvalue weighted by Gasteiger charge is -2.44. The van der Waals surface area contributed by atoms with Crippen LogP contribution in [0.15, 0.2) is 36.8 Å². The van der Waals surface area contributed by atoms with Crippen LogP contribution in [0.5, 0.6) is 0 Å². The van der Waals surface area contributed by atoms with E-state index >= 15 is 0 Å². The Balaban J connectivity index is 1.68. The fourth-order valence-corrected chi connectivity index (χ4v) is 4.28. The van der Waals surface area contributed by atoms with E-state index in [1.54, 1.807) is 11.1 Å². The number of carbonyl (C=O) groups excluding carboxylic acids is 1. The summed E-state index contributed by atoms with van der Waals surface area (Å²) in [7, 11) is 0. The number of halogens is 1. The third-order valence-electron chi connectivity index (χ3n) is 5.73. The molecule has 2 atom stereocenters. The van der Waals surface area contributed by atoms with Crippen molar-refractivity contribution in [3.05, 3.63) is 48.2 Å². The number of ether oxygens (including phenoxy) is 1. The second-order valence-corrected chi connectivity index (χ2v) is 9.53. The van der Waals surface area contributed by atoms with Crippen molar-refractivity contribution in [1.29, 1.82) is 0 Å². The molecular weight excluding hydrogens is 409 g/mol. The minimum Gasteiger partial charge on any atom is -0.444 e. The summed E-state index contributed by atoms with van der Waals surface area (Å²) in [5.74, 6) is 1.05. The summed E-state index contributed by atoms with van der Waals surface area (Å²) in [5.41, 5.74) is 1.42. The highest BCUT2D eigenvalue weighted by Crippen LogP contribution is 2.33. The second-order valence-electron chi connectivity index (χ2n) is 9.53. The Morgan fingerprint density at radius 3 is 2.53 bits per heavy atom. The summed E-state index contributed by atoms with van der Waals surface area (Å²) < 4.78 is 21.3. The Labute approximate surface area is 187 Å². The Bertz CT molecular complexity index is 1150. The van der Waals surface area contributed by atoms with Crippen molar-refractivity contribution in [1.82, 2.24) is 19.4 Å². The van der Waals surface area contributed by atoms with Crippen LogP contribution in [0.4, 0.5) is 15.0 Å². The van der Waals surface area contributed by atoms with Crippen molar-refractivity contribution in [2.45, 2.75) is 59.2 Å². The van der Waals surface area contributed by atoms with Crippen LogP contribution >= 0.6 is 0 Å². The maximum absolute atomic E-state index is 13.8. The summed E-state index contributed by atoms with van der Waals surface area (Å²) >= 11 is 0. The lowest BCUT2D eigenvalue weighted by atomic mass is 10.1. The SMILES string of the molecule is Cc1cn(-c2cc(F)ccn2)c2ccnc(N3C[C@H](C)N(C(=O)OC(C)(C)C)CC3C)c12. The summed E-state index contributed by atoms with van der Waals surface area (Å²) in [6.45, 7) is 12.9. The zero-order valence-corrected chi connectivity index (χ0v) is 19.5. The summed E-state index contributed by atoms with van der Waals surface area (Å²) in [4.78, 5) is 25.8. The maximum atomic E-state index is 13.8. The van der Waals surface area contributed by atoms with Gasteiger partial charge in [0.1, 0.15) is 23.1 Å². The first-order chi connectivity index (χ1) is 15.0. The molecule has 3 aromatic rings. The number of hydrogen-bond donors (Lipinski definition) is 0. The molecule has 1 amide bonds. The van der Waals surface area contributed by atoms with Crippen LogP contribution < -0.4 is 4.90 Å². The molecule has 0 aliphatic carbocycles. The molecule has 1 aliphatic heterocycles. The van der Waals surface area contributed by atoms with Crippen LogP contribution in [0, 0.1) is 12.7 Å². The van der Waals surface area contributed by atoms with Crippen molar-refractivity contribution < 1.29 is 13.9 Å². The molecule has 32 heavy (non-hydrogen) atoms. The van der Waals surface area contributed by atoms with Gasteiger partial charge in [0.2, 0.25) is 0 Å². The molecule has 1 fully saturated rings. The van der Waals surface area contributed by atoms with Crippen LogP contribution in [-0.2, 0) is 4.74 Å². The van der Waals surface area contributed by atoms with Crippen LogP contribution in [0.2, 0.25) is 0 Å². The molecule has 7 nitrogen and oxygen atoms in total. The number of piperazine rings is 1. The standard InChI is InChI=1S/C24H30FN5O2/c1-15-12-30(20-11-18(25)7-9-26-20)19-8-10-27-22(21(15)19)28-13-17(3)29(14-16(28)2)23(31)32-24(4,5)6/h7-12,16-17H,13-14H2,1-6H3/t16?,17-/m0/s1. The van der Waals surface area contributed by atoms with Gasteiger partial charge in [-0.1, -0.05) is 0 Å². The van der Waals surface area contributed by atoms with Gasteiger partial charge in [-0.2, -0.15) is 0 Å². The van der Waals surface area contributed by atoms with Gasteiger partial charge in [-0.05, 0) is 59.2 Å². The molecule has 0 saturated carbocycles. The predicted octanol–water partition coefficient (Wildman–Crippen LogP) is 4.70. The summed E-state index contributed by atoms with van der Waals surface area (Å²) in [6, 6.07) is 4.69. The third-order valence-corrected chi connectivity index (χ3v) is 5.73. The van der Waals surface area contributed by atoms with Gasteiger partial charge < -0.3 is 19.1 Å². The molecule has 0 bridgehead atoms. The van der Waals surface area contributed by atoms with Crippen LogP contribution in [0.1, 0.15) is 40.2 Å². The van der Waals surface area contributed by atoms with Gasteiger partial charge in [0.25, 0.3) is 0 Å². The van der Waals surface area contributed by atoms with Crippen LogP contribution in [0.25, 0.3) is 16.7 Å². The van der Waals surface area contributed by atoms with Crippen molar-refractivity contribution in [2.24, 2.45) is 0 Å². The number of amides is 1. The average molecular weight is 440 g/mol. The van der Waals surface area contributed by atoms with E-state index in [9.17, 15) is 9.18 Å². The Morgan fingerprint density at radius 1 is 1.12 bits per heavy atom. The van der Waals surface area contributed by atoms with Gasteiger partial charge in [-0.25, -0.2) is 19.2 Å². The van der Waals surface area contributed by atoms with E-state index in [1.807, 2.05) is 51.4 Å². The van der Waals surface area contributed by atoms with Crippen LogP contribution in [-0.4, -0.2) is 56.3 Å². The van der Waals surface area contributed by atoms with E-state index in [-0.39, 0.29) is 24.0 Å². The number of anilines is 1.